The number of methoxy groups -OCH3 is 1. The molecule has 0 spiro atoms. The molecule has 0 heterocycles. The van der Waals surface area contributed by atoms with Gasteiger partial charge in [0, 0.05) is 5.69 Å². The molecule has 0 aliphatic rings. The summed E-state index contributed by atoms with van der Waals surface area (Å²) in [5.41, 5.74) is 1.58. The maximum Gasteiger partial charge on any atom is 0.140 e. The number of nitrogens with one attached hydrogen (secondary N) is 1. The number of hydrogen-bond donors (Lipinski definition) is 1. The average Bonchev–Trinajstić information content (AvgIpc) is 2.48. The molecule has 5 heteroatoms. The molecule has 20 heavy (non-hydrogen) atoms. The van der Waals surface area contributed by atoms with Crippen molar-refractivity contribution in [3.8, 4) is 11.8 Å². The predicted octanol–water partition coefficient (Wildman–Crippen LogP) is 4.68. The van der Waals surface area contributed by atoms with E-state index < -0.39 is 6.04 Å². The molecule has 1 unspecified atom stereocenters. The SMILES string of the molecule is COc1ccc(NC(C#N)c2ccc(Cl)c(Cl)c2)cc1. The topological polar surface area (TPSA) is 45.0 Å². The van der Waals surface area contributed by atoms with E-state index in [1.54, 1.807) is 25.3 Å². The van der Waals surface area contributed by atoms with Crippen LogP contribution in [0.4, 0.5) is 5.69 Å². The maximum absolute atomic E-state index is 9.29. The van der Waals surface area contributed by atoms with E-state index in [1.165, 1.54) is 0 Å². The molecule has 0 aliphatic heterocycles. The summed E-state index contributed by atoms with van der Waals surface area (Å²) in [4.78, 5) is 0. The molecule has 2 rings (SSSR count). The van der Waals surface area contributed by atoms with Crippen molar-refractivity contribution in [1.82, 2.24) is 0 Å². The Hall–Kier alpha value is -1.89. The quantitative estimate of drug-likeness (QED) is 0.892. The van der Waals surface area contributed by atoms with E-state index in [0.29, 0.717) is 10.0 Å². The normalized spacial score (nSPS) is 11.5. The molecule has 2 aromatic rings. The molecular formula is C15H12Cl2N2O. The molecule has 0 saturated heterocycles. The molecule has 0 saturated carbocycles. The second kappa shape index (κ2) is 6.51. The van der Waals surface area contributed by atoms with Crippen molar-refractivity contribution >= 4 is 28.9 Å². The summed E-state index contributed by atoms with van der Waals surface area (Å²) in [5.74, 6) is 0.763. The van der Waals surface area contributed by atoms with Gasteiger partial charge in [-0.05, 0) is 42.0 Å². The second-order valence-electron chi connectivity index (χ2n) is 4.11. The Morgan fingerprint density at radius 2 is 1.80 bits per heavy atom. The predicted molar refractivity (Wildman–Crippen MR) is 81.4 cm³/mol. The summed E-state index contributed by atoms with van der Waals surface area (Å²) in [7, 11) is 1.61. The molecule has 3 nitrogen and oxygen atoms in total. The highest BCUT2D eigenvalue weighted by atomic mass is 35.5. The van der Waals surface area contributed by atoms with E-state index in [-0.39, 0.29) is 0 Å². The first kappa shape index (κ1) is 14.5. The summed E-state index contributed by atoms with van der Waals surface area (Å²) in [6.45, 7) is 0. The van der Waals surface area contributed by atoms with Gasteiger partial charge >= 0.3 is 0 Å². The van der Waals surface area contributed by atoms with Crippen LogP contribution in [0.15, 0.2) is 42.5 Å². The van der Waals surface area contributed by atoms with E-state index in [4.69, 9.17) is 27.9 Å². The fourth-order valence-corrected chi connectivity index (χ4v) is 2.04. The molecule has 0 radical (unpaired) electrons. The lowest BCUT2D eigenvalue weighted by atomic mass is 10.1. The van der Waals surface area contributed by atoms with Crippen molar-refractivity contribution in [2.45, 2.75) is 6.04 Å². The van der Waals surface area contributed by atoms with Crippen LogP contribution >= 0.6 is 23.2 Å². The Labute approximate surface area is 127 Å². The lowest BCUT2D eigenvalue weighted by molar-refractivity contribution is 0.415. The van der Waals surface area contributed by atoms with Crippen LogP contribution in [0.1, 0.15) is 11.6 Å². The van der Waals surface area contributed by atoms with Crippen LogP contribution in [0.3, 0.4) is 0 Å². The Bertz CT molecular complexity index is 635. The van der Waals surface area contributed by atoms with Gasteiger partial charge < -0.3 is 10.1 Å². The van der Waals surface area contributed by atoms with Gasteiger partial charge in [-0.2, -0.15) is 5.26 Å². The Morgan fingerprint density at radius 1 is 1.10 bits per heavy atom. The lowest BCUT2D eigenvalue weighted by Crippen LogP contribution is -2.08. The standard InChI is InChI=1S/C15H12Cl2N2O/c1-20-12-5-3-11(4-6-12)19-15(9-18)10-2-7-13(16)14(17)8-10/h2-8,15,19H,1H3. The fraction of sp³-hybridized carbons (Fsp3) is 0.133. The van der Waals surface area contributed by atoms with Crippen molar-refractivity contribution in [3.63, 3.8) is 0 Å². The molecular weight excluding hydrogens is 295 g/mol. The van der Waals surface area contributed by atoms with Crippen LogP contribution < -0.4 is 10.1 Å². The lowest BCUT2D eigenvalue weighted by Gasteiger charge is -2.14. The number of benzene rings is 2. The largest absolute Gasteiger partial charge is 0.497 e. The molecule has 1 atom stereocenters. The molecule has 0 fully saturated rings. The number of ether oxygens (including phenoxy) is 1. The highest BCUT2D eigenvalue weighted by Gasteiger charge is 2.12. The van der Waals surface area contributed by atoms with Gasteiger partial charge in [0.05, 0.1) is 23.2 Å². The molecule has 0 aromatic heterocycles. The van der Waals surface area contributed by atoms with Gasteiger partial charge in [-0.15, -0.1) is 0 Å². The third kappa shape index (κ3) is 3.36. The van der Waals surface area contributed by atoms with E-state index in [2.05, 4.69) is 11.4 Å². The Balaban J connectivity index is 2.19. The van der Waals surface area contributed by atoms with Gasteiger partial charge in [-0.1, -0.05) is 29.3 Å². The molecule has 0 bridgehead atoms. The molecule has 2 aromatic carbocycles. The number of halogens is 2. The molecule has 0 aliphatic carbocycles. The number of anilines is 1. The zero-order valence-electron chi connectivity index (χ0n) is 10.7. The van der Waals surface area contributed by atoms with Crippen LogP contribution in [0, 0.1) is 11.3 Å². The van der Waals surface area contributed by atoms with Crippen LogP contribution in [0.25, 0.3) is 0 Å². The highest BCUT2D eigenvalue weighted by Crippen LogP contribution is 2.27. The minimum atomic E-state index is -0.502. The average molecular weight is 307 g/mol. The first-order valence-corrected chi connectivity index (χ1v) is 6.65. The summed E-state index contributed by atoms with van der Waals surface area (Å²) in [5, 5.41) is 13.3. The number of rotatable bonds is 4. The number of nitrogens with zero attached hydrogens (tertiary/aromatic N) is 1. The van der Waals surface area contributed by atoms with Crippen LogP contribution in [-0.4, -0.2) is 7.11 Å². The number of nitriles is 1. The maximum atomic E-state index is 9.29. The Morgan fingerprint density at radius 3 is 2.35 bits per heavy atom. The van der Waals surface area contributed by atoms with E-state index in [0.717, 1.165) is 17.0 Å². The van der Waals surface area contributed by atoms with E-state index in [9.17, 15) is 5.26 Å². The minimum absolute atomic E-state index is 0.431. The highest BCUT2D eigenvalue weighted by molar-refractivity contribution is 6.42. The molecule has 1 N–H and O–H groups in total. The third-order valence-electron chi connectivity index (χ3n) is 2.81. The first-order valence-electron chi connectivity index (χ1n) is 5.89. The summed E-state index contributed by atoms with van der Waals surface area (Å²) in [6, 6.07) is 14.2. The van der Waals surface area contributed by atoms with Gasteiger partial charge in [-0.3, -0.25) is 0 Å². The summed E-state index contributed by atoms with van der Waals surface area (Å²) in [6.07, 6.45) is 0. The van der Waals surface area contributed by atoms with Crippen LogP contribution in [0.2, 0.25) is 10.0 Å². The van der Waals surface area contributed by atoms with Gasteiger partial charge in [-0.25, -0.2) is 0 Å². The van der Waals surface area contributed by atoms with E-state index in [1.807, 2.05) is 24.3 Å². The van der Waals surface area contributed by atoms with Gasteiger partial charge in [0.1, 0.15) is 11.8 Å². The van der Waals surface area contributed by atoms with Gasteiger partial charge in [0.2, 0.25) is 0 Å². The minimum Gasteiger partial charge on any atom is -0.497 e. The van der Waals surface area contributed by atoms with Crippen molar-refractivity contribution in [1.29, 1.82) is 5.26 Å². The molecule has 0 amide bonds. The van der Waals surface area contributed by atoms with Crippen molar-refractivity contribution in [2.24, 2.45) is 0 Å². The second-order valence-corrected chi connectivity index (χ2v) is 4.92. The number of hydrogen-bond acceptors (Lipinski definition) is 3. The van der Waals surface area contributed by atoms with Crippen molar-refractivity contribution < 1.29 is 4.74 Å². The fourth-order valence-electron chi connectivity index (χ4n) is 1.74. The first-order chi connectivity index (χ1) is 9.63. The summed E-state index contributed by atoms with van der Waals surface area (Å²) < 4.78 is 5.09. The Kier molecular flexibility index (Phi) is 4.73. The smallest absolute Gasteiger partial charge is 0.140 e. The van der Waals surface area contributed by atoms with Gasteiger partial charge in [0.15, 0.2) is 0 Å². The third-order valence-corrected chi connectivity index (χ3v) is 3.55. The molecule has 102 valence electrons. The monoisotopic (exact) mass is 306 g/mol. The van der Waals surface area contributed by atoms with Crippen LogP contribution in [-0.2, 0) is 0 Å². The van der Waals surface area contributed by atoms with E-state index >= 15 is 0 Å². The van der Waals surface area contributed by atoms with Gasteiger partial charge in [0.25, 0.3) is 0 Å². The van der Waals surface area contributed by atoms with Crippen LogP contribution in [0.5, 0.6) is 5.75 Å². The van der Waals surface area contributed by atoms with Crippen molar-refractivity contribution in [3.05, 3.63) is 58.1 Å². The summed E-state index contributed by atoms with van der Waals surface area (Å²) >= 11 is 11.8. The zero-order chi connectivity index (χ0) is 14.5. The zero-order valence-corrected chi connectivity index (χ0v) is 12.2. The van der Waals surface area contributed by atoms with Crippen molar-refractivity contribution in [2.75, 3.05) is 12.4 Å².